The third-order valence-corrected chi connectivity index (χ3v) is 3.16. The van der Waals surface area contributed by atoms with Gasteiger partial charge in [0.2, 0.25) is 0 Å². The zero-order valence-electron chi connectivity index (χ0n) is 12.0. The molecule has 0 aromatic carbocycles. The molecule has 0 aliphatic rings. The van der Waals surface area contributed by atoms with Crippen LogP contribution in [0, 0.1) is 11.3 Å². The van der Waals surface area contributed by atoms with E-state index in [9.17, 15) is 5.26 Å². The third kappa shape index (κ3) is 2.77. The van der Waals surface area contributed by atoms with Gasteiger partial charge in [-0.15, -0.1) is 5.10 Å². The van der Waals surface area contributed by atoms with Crippen LogP contribution in [0.25, 0.3) is 0 Å². The minimum atomic E-state index is 0.527. The highest BCUT2D eigenvalue weighted by atomic mass is 15.3. The number of aromatic nitrogens is 4. The Morgan fingerprint density at radius 1 is 1.30 bits per heavy atom. The lowest BCUT2D eigenvalue weighted by Gasteiger charge is -2.11. The van der Waals surface area contributed by atoms with E-state index in [1.54, 1.807) is 4.68 Å². The van der Waals surface area contributed by atoms with Gasteiger partial charge in [-0.05, 0) is 24.5 Å². The number of hydrogen-bond acceptors (Lipinski definition) is 5. The largest absolute Gasteiger partial charge is 0.362 e. The average molecular weight is 270 g/mol. The van der Waals surface area contributed by atoms with Crippen LogP contribution in [0.2, 0.25) is 0 Å². The van der Waals surface area contributed by atoms with E-state index in [1.165, 1.54) is 0 Å². The first-order chi connectivity index (χ1) is 9.69. The molecule has 0 atom stereocenters. The van der Waals surface area contributed by atoms with Crippen LogP contribution in [-0.4, -0.2) is 20.0 Å². The second-order valence-corrected chi connectivity index (χ2v) is 4.50. The SMILES string of the molecule is CCc1nnc(NCc2ccn(C)n2)c(C#N)c1CC. The molecule has 2 aromatic heterocycles. The number of aryl methyl sites for hydroxylation is 2. The first kappa shape index (κ1) is 14.0. The molecule has 2 aromatic rings. The molecule has 1 N–H and O–H groups in total. The maximum Gasteiger partial charge on any atom is 0.167 e. The van der Waals surface area contributed by atoms with E-state index in [1.807, 2.05) is 33.2 Å². The van der Waals surface area contributed by atoms with Gasteiger partial charge >= 0.3 is 0 Å². The normalized spacial score (nSPS) is 10.3. The van der Waals surface area contributed by atoms with Crippen molar-refractivity contribution >= 4 is 5.82 Å². The van der Waals surface area contributed by atoms with Crippen molar-refractivity contribution in [3.63, 3.8) is 0 Å². The van der Waals surface area contributed by atoms with Gasteiger partial charge in [0.15, 0.2) is 5.82 Å². The lowest BCUT2D eigenvalue weighted by molar-refractivity contribution is 0.746. The van der Waals surface area contributed by atoms with Crippen molar-refractivity contribution in [1.82, 2.24) is 20.0 Å². The summed E-state index contributed by atoms with van der Waals surface area (Å²) in [7, 11) is 1.87. The Morgan fingerprint density at radius 3 is 2.65 bits per heavy atom. The second kappa shape index (κ2) is 6.15. The van der Waals surface area contributed by atoms with E-state index in [-0.39, 0.29) is 0 Å². The van der Waals surface area contributed by atoms with E-state index < -0.39 is 0 Å². The summed E-state index contributed by atoms with van der Waals surface area (Å²) >= 11 is 0. The summed E-state index contributed by atoms with van der Waals surface area (Å²) in [6, 6.07) is 4.16. The molecule has 20 heavy (non-hydrogen) atoms. The Hall–Kier alpha value is -2.42. The molecule has 0 radical (unpaired) electrons. The second-order valence-electron chi connectivity index (χ2n) is 4.50. The molecule has 6 nitrogen and oxygen atoms in total. The van der Waals surface area contributed by atoms with Gasteiger partial charge in [-0.2, -0.15) is 15.5 Å². The predicted octanol–water partition coefficient (Wildman–Crippen LogP) is 1.82. The van der Waals surface area contributed by atoms with Crippen LogP contribution in [0.4, 0.5) is 5.82 Å². The van der Waals surface area contributed by atoms with Gasteiger partial charge < -0.3 is 5.32 Å². The number of hydrogen-bond donors (Lipinski definition) is 1. The van der Waals surface area contributed by atoms with E-state index in [4.69, 9.17) is 0 Å². The highest BCUT2D eigenvalue weighted by Crippen LogP contribution is 2.20. The van der Waals surface area contributed by atoms with Crippen molar-refractivity contribution in [2.45, 2.75) is 33.2 Å². The van der Waals surface area contributed by atoms with Crippen LogP contribution < -0.4 is 5.32 Å². The molecule has 0 fully saturated rings. The number of rotatable bonds is 5. The summed E-state index contributed by atoms with van der Waals surface area (Å²) in [5.74, 6) is 0.534. The topological polar surface area (TPSA) is 79.4 Å². The highest BCUT2D eigenvalue weighted by Gasteiger charge is 2.14. The van der Waals surface area contributed by atoms with Gasteiger partial charge in [0.25, 0.3) is 0 Å². The summed E-state index contributed by atoms with van der Waals surface area (Å²) < 4.78 is 1.74. The molecule has 0 amide bonds. The molecule has 0 bridgehead atoms. The van der Waals surface area contributed by atoms with Gasteiger partial charge in [0.05, 0.1) is 17.9 Å². The van der Waals surface area contributed by atoms with Crippen molar-refractivity contribution in [2.75, 3.05) is 5.32 Å². The molecule has 2 rings (SSSR count). The summed E-state index contributed by atoms with van der Waals surface area (Å²) in [5.41, 5.74) is 3.37. The number of nitrogens with zero attached hydrogens (tertiary/aromatic N) is 5. The molecule has 0 saturated heterocycles. The molecular weight excluding hydrogens is 252 g/mol. The van der Waals surface area contributed by atoms with E-state index in [0.717, 1.165) is 29.8 Å². The summed E-state index contributed by atoms with van der Waals surface area (Å²) in [6.45, 7) is 4.57. The lowest BCUT2D eigenvalue weighted by Crippen LogP contribution is -2.10. The molecule has 2 heterocycles. The smallest absolute Gasteiger partial charge is 0.167 e. The fourth-order valence-corrected chi connectivity index (χ4v) is 2.15. The van der Waals surface area contributed by atoms with Crippen molar-refractivity contribution in [3.05, 3.63) is 34.8 Å². The average Bonchev–Trinajstić information content (AvgIpc) is 2.89. The van der Waals surface area contributed by atoms with Crippen molar-refractivity contribution in [3.8, 4) is 6.07 Å². The third-order valence-electron chi connectivity index (χ3n) is 3.16. The van der Waals surface area contributed by atoms with Gasteiger partial charge in [0.1, 0.15) is 11.6 Å². The van der Waals surface area contributed by atoms with Crippen molar-refractivity contribution in [2.24, 2.45) is 7.05 Å². The summed E-state index contributed by atoms with van der Waals surface area (Å²) in [5, 5.41) is 25.1. The first-order valence-electron chi connectivity index (χ1n) is 6.70. The maximum atomic E-state index is 9.37. The minimum absolute atomic E-state index is 0.527. The molecule has 0 aliphatic heterocycles. The summed E-state index contributed by atoms with van der Waals surface area (Å²) in [6.07, 6.45) is 3.44. The Balaban J connectivity index is 2.25. The fourth-order valence-electron chi connectivity index (χ4n) is 2.15. The van der Waals surface area contributed by atoms with Crippen molar-refractivity contribution in [1.29, 1.82) is 5.26 Å². The molecule has 0 saturated carbocycles. The number of anilines is 1. The van der Waals surface area contributed by atoms with Gasteiger partial charge in [-0.3, -0.25) is 4.68 Å². The van der Waals surface area contributed by atoms with Crippen LogP contribution in [-0.2, 0) is 26.4 Å². The van der Waals surface area contributed by atoms with Crippen LogP contribution in [0.1, 0.15) is 36.4 Å². The highest BCUT2D eigenvalue weighted by molar-refractivity contribution is 5.56. The van der Waals surface area contributed by atoms with Crippen LogP contribution in [0.15, 0.2) is 12.3 Å². The maximum absolute atomic E-state index is 9.37. The predicted molar refractivity (Wildman–Crippen MR) is 76.0 cm³/mol. The van der Waals surface area contributed by atoms with Crippen LogP contribution in [0.5, 0.6) is 0 Å². The Morgan fingerprint density at radius 2 is 2.10 bits per heavy atom. The Kier molecular flexibility index (Phi) is 4.31. The van der Waals surface area contributed by atoms with Crippen LogP contribution >= 0.6 is 0 Å². The van der Waals surface area contributed by atoms with Gasteiger partial charge in [0, 0.05) is 13.2 Å². The zero-order chi connectivity index (χ0) is 14.5. The molecule has 0 spiro atoms. The molecule has 0 aliphatic carbocycles. The van der Waals surface area contributed by atoms with E-state index in [0.29, 0.717) is 17.9 Å². The monoisotopic (exact) mass is 270 g/mol. The molecular formula is C14H18N6. The quantitative estimate of drug-likeness (QED) is 0.896. The number of nitriles is 1. The summed E-state index contributed by atoms with van der Waals surface area (Å²) in [4.78, 5) is 0. The van der Waals surface area contributed by atoms with E-state index in [2.05, 4.69) is 26.7 Å². The van der Waals surface area contributed by atoms with E-state index >= 15 is 0 Å². The standard InChI is InChI=1S/C14H18N6/c1-4-11-12(8-15)14(18-17-13(11)5-2)16-9-10-6-7-20(3)19-10/h6-7H,4-5,9H2,1-3H3,(H,16,18). The Bertz CT molecular complexity index is 638. The van der Waals surface area contributed by atoms with Crippen molar-refractivity contribution < 1.29 is 0 Å². The minimum Gasteiger partial charge on any atom is -0.362 e. The zero-order valence-corrected chi connectivity index (χ0v) is 12.0. The lowest BCUT2D eigenvalue weighted by atomic mass is 10.0. The van der Waals surface area contributed by atoms with Gasteiger partial charge in [-0.1, -0.05) is 13.8 Å². The fraction of sp³-hybridized carbons (Fsp3) is 0.429. The Labute approximate surface area is 118 Å². The first-order valence-corrected chi connectivity index (χ1v) is 6.70. The van der Waals surface area contributed by atoms with Gasteiger partial charge in [-0.25, -0.2) is 0 Å². The molecule has 104 valence electrons. The number of nitrogens with one attached hydrogen (secondary N) is 1. The molecule has 0 unspecified atom stereocenters. The van der Waals surface area contributed by atoms with Crippen LogP contribution in [0.3, 0.4) is 0 Å². The molecule has 6 heteroatoms.